The molecular weight excluding hydrogens is 717 g/mol. The number of nitriles is 10. The first-order valence-corrected chi connectivity index (χ1v) is 17.0. The molecule has 0 heterocycles. The van der Waals surface area contributed by atoms with Crippen LogP contribution in [-0.4, -0.2) is 0 Å². The molecule has 0 saturated heterocycles. The molecular formula is C48H16N10. The van der Waals surface area contributed by atoms with Gasteiger partial charge in [0.15, 0.2) is 0 Å². The molecule has 0 saturated carbocycles. The molecule has 258 valence electrons. The second-order valence-corrected chi connectivity index (χ2v) is 12.8. The number of benzene rings is 5. The highest BCUT2D eigenvalue weighted by Crippen LogP contribution is 2.56. The SMILES string of the molecule is N#CC1=C(c2ccc(C#N)cc2)/C(=C(/C#N)c2cc(C#N)cc(C#N)c2)c2cc3c(cc21)/C(=C(\C#N)c1cc(C#N)cc(C#N)c1)C(c1ccc(C#N)cc1)=C3C#N. The van der Waals surface area contributed by atoms with E-state index in [0.29, 0.717) is 55.7 Å². The van der Waals surface area contributed by atoms with Crippen molar-refractivity contribution >= 4 is 44.6 Å². The van der Waals surface area contributed by atoms with Gasteiger partial charge in [-0.25, -0.2) is 0 Å². The molecule has 0 amide bonds. The molecule has 0 spiro atoms. The fourth-order valence-electron chi connectivity index (χ4n) is 7.30. The molecule has 0 radical (unpaired) electrons. The van der Waals surface area contributed by atoms with E-state index in [-0.39, 0.29) is 66.8 Å². The predicted octanol–water partition coefficient (Wildman–Crippen LogP) is 8.68. The van der Waals surface area contributed by atoms with E-state index in [0.717, 1.165) is 0 Å². The summed E-state index contributed by atoms with van der Waals surface area (Å²) in [6.07, 6.45) is 0. The molecule has 10 nitrogen and oxygen atoms in total. The molecule has 7 rings (SSSR count). The average molecular weight is 733 g/mol. The Morgan fingerprint density at radius 3 is 0.879 bits per heavy atom. The van der Waals surface area contributed by atoms with E-state index < -0.39 is 0 Å². The largest absolute Gasteiger partial charge is 0.192 e. The van der Waals surface area contributed by atoms with Gasteiger partial charge in [0.1, 0.15) is 24.3 Å². The Hall–Kier alpha value is -10.0. The summed E-state index contributed by atoms with van der Waals surface area (Å²) in [4.78, 5) is 0. The number of fused-ring (bicyclic) bond motifs is 2. The van der Waals surface area contributed by atoms with Crippen molar-refractivity contribution in [2.24, 2.45) is 0 Å². The highest BCUT2D eigenvalue weighted by Gasteiger charge is 2.37. The van der Waals surface area contributed by atoms with E-state index in [2.05, 4.69) is 36.4 Å². The third kappa shape index (κ3) is 5.86. The first-order valence-electron chi connectivity index (χ1n) is 17.0. The normalized spacial score (nSPS) is 13.6. The van der Waals surface area contributed by atoms with Crippen molar-refractivity contribution in [2.75, 3.05) is 0 Å². The Balaban J connectivity index is 1.66. The van der Waals surface area contributed by atoms with Crippen molar-refractivity contribution in [3.05, 3.63) is 175 Å². The van der Waals surface area contributed by atoms with Gasteiger partial charge in [-0.1, -0.05) is 24.3 Å². The minimum absolute atomic E-state index is 0.0260. The van der Waals surface area contributed by atoms with Crippen LogP contribution >= 0.6 is 0 Å². The second-order valence-electron chi connectivity index (χ2n) is 12.8. The lowest BCUT2D eigenvalue weighted by Gasteiger charge is -2.14. The number of hydrogen-bond acceptors (Lipinski definition) is 10. The van der Waals surface area contributed by atoms with E-state index in [9.17, 15) is 52.6 Å². The maximum Gasteiger partial charge on any atom is 0.100 e. The lowest BCUT2D eigenvalue weighted by Crippen LogP contribution is -1.97. The third-order valence-electron chi connectivity index (χ3n) is 9.75. The predicted molar refractivity (Wildman–Crippen MR) is 210 cm³/mol. The van der Waals surface area contributed by atoms with Crippen LogP contribution in [0.15, 0.2) is 97.1 Å². The fraction of sp³-hybridized carbons (Fsp3) is 0. The van der Waals surface area contributed by atoms with E-state index in [1.807, 2.05) is 24.3 Å². The lowest BCUT2D eigenvalue weighted by molar-refractivity contribution is 1.43. The van der Waals surface area contributed by atoms with Crippen molar-refractivity contribution in [2.45, 2.75) is 0 Å². The highest BCUT2D eigenvalue weighted by molar-refractivity contribution is 6.34. The van der Waals surface area contributed by atoms with E-state index in [4.69, 9.17) is 0 Å². The smallest absolute Gasteiger partial charge is 0.100 e. The molecule has 58 heavy (non-hydrogen) atoms. The topological polar surface area (TPSA) is 238 Å². The quantitative estimate of drug-likeness (QED) is 0.159. The zero-order valence-electron chi connectivity index (χ0n) is 29.7. The number of allylic oxidation sites excluding steroid dienone is 8. The summed E-state index contributed by atoms with van der Waals surface area (Å²) in [6.45, 7) is 0. The van der Waals surface area contributed by atoms with Gasteiger partial charge < -0.3 is 0 Å². The van der Waals surface area contributed by atoms with Gasteiger partial charge in [0.25, 0.3) is 0 Å². The molecule has 0 atom stereocenters. The molecule has 0 aliphatic heterocycles. The van der Waals surface area contributed by atoms with Crippen LogP contribution in [0.5, 0.6) is 0 Å². The zero-order chi connectivity index (χ0) is 41.1. The Morgan fingerprint density at radius 1 is 0.310 bits per heavy atom. The summed E-state index contributed by atoms with van der Waals surface area (Å²) >= 11 is 0. The Kier molecular flexibility index (Phi) is 9.25. The summed E-state index contributed by atoms with van der Waals surface area (Å²) < 4.78 is 0. The molecule has 2 aliphatic carbocycles. The summed E-state index contributed by atoms with van der Waals surface area (Å²) in [5.74, 6) is 0. The van der Waals surface area contributed by atoms with Gasteiger partial charge in [-0.2, -0.15) is 52.6 Å². The van der Waals surface area contributed by atoms with Crippen LogP contribution in [0.2, 0.25) is 0 Å². The van der Waals surface area contributed by atoms with Gasteiger partial charge in [-0.3, -0.25) is 0 Å². The van der Waals surface area contributed by atoms with Crippen LogP contribution < -0.4 is 0 Å². The lowest BCUT2D eigenvalue weighted by atomic mass is 9.86. The van der Waals surface area contributed by atoms with Crippen molar-refractivity contribution in [3.8, 4) is 60.7 Å². The van der Waals surface area contributed by atoms with Crippen molar-refractivity contribution in [3.63, 3.8) is 0 Å². The van der Waals surface area contributed by atoms with Crippen LogP contribution in [0.25, 0.3) is 44.6 Å². The van der Waals surface area contributed by atoms with Crippen molar-refractivity contribution in [1.82, 2.24) is 0 Å². The summed E-state index contributed by atoms with van der Waals surface area (Å²) in [7, 11) is 0. The van der Waals surface area contributed by atoms with Gasteiger partial charge in [0.05, 0.1) is 92.1 Å². The van der Waals surface area contributed by atoms with Crippen molar-refractivity contribution < 1.29 is 0 Å². The highest BCUT2D eigenvalue weighted by atomic mass is 14.4. The Labute approximate surface area is 331 Å². The van der Waals surface area contributed by atoms with Gasteiger partial charge in [0.2, 0.25) is 0 Å². The molecule has 0 bridgehead atoms. The maximum absolute atomic E-state index is 10.9. The molecule has 0 unspecified atom stereocenters. The maximum atomic E-state index is 10.9. The molecule has 10 heteroatoms. The number of rotatable bonds is 4. The van der Waals surface area contributed by atoms with Crippen LogP contribution in [-0.2, 0) is 0 Å². The van der Waals surface area contributed by atoms with Gasteiger partial charge >= 0.3 is 0 Å². The van der Waals surface area contributed by atoms with Gasteiger partial charge in [-0.05, 0) is 106 Å². The minimum atomic E-state index is 0.0260. The van der Waals surface area contributed by atoms with E-state index >= 15 is 0 Å². The van der Waals surface area contributed by atoms with Crippen LogP contribution in [0.4, 0.5) is 0 Å². The Bertz CT molecular complexity index is 3010. The van der Waals surface area contributed by atoms with Gasteiger partial charge in [0, 0.05) is 33.4 Å². The zero-order valence-corrected chi connectivity index (χ0v) is 29.7. The van der Waals surface area contributed by atoms with E-state index in [1.165, 1.54) is 36.4 Å². The number of nitrogens with zero attached hydrogens (tertiary/aromatic N) is 10. The standard InChI is InChI=1S/C48H16N10/c49-17-27-1-5-33(6-2-27)45-43(25-57)37-15-40-38(16-39(37)47(45)41(23-55)35-11-29(19-51)9-30(12-35)20-52)44(26-58)46(34-7-3-28(18-50)4-8-34)48(40)42(24-56)36-13-31(21-53)10-32(14-36)22-54/h1-16H/b47-41-,48-42-. The molecule has 5 aromatic carbocycles. The second kappa shape index (κ2) is 14.8. The molecule has 0 fully saturated rings. The van der Waals surface area contributed by atoms with Crippen LogP contribution in [0, 0.1) is 113 Å². The molecule has 0 aromatic heterocycles. The van der Waals surface area contributed by atoms with Crippen LogP contribution in [0.1, 0.15) is 77.9 Å². The molecule has 5 aromatic rings. The number of hydrogen-bond donors (Lipinski definition) is 0. The summed E-state index contributed by atoms with van der Waals surface area (Å²) in [6, 6.07) is 46.2. The first kappa shape index (κ1) is 36.3. The summed E-state index contributed by atoms with van der Waals surface area (Å²) in [5.41, 5.74) is 5.56. The first-order chi connectivity index (χ1) is 28.3. The summed E-state index contributed by atoms with van der Waals surface area (Å²) in [5, 5.41) is 102. The minimum Gasteiger partial charge on any atom is -0.192 e. The van der Waals surface area contributed by atoms with Gasteiger partial charge in [-0.15, -0.1) is 0 Å². The monoisotopic (exact) mass is 732 g/mol. The molecule has 0 N–H and O–H groups in total. The van der Waals surface area contributed by atoms with E-state index in [1.54, 1.807) is 60.7 Å². The Morgan fingerprint density at radius 2 is 0.621 bits per heavy atom. The fourth-order valence-corrected chi connectivity index (χ4v) is 7.30. The van der Waals surface area contributed by atoms with Crippen LogP contribution in [0.3, 0.4) is 0 Å². The third-order valence-corrected chi connectivity index (χ3v) is 9.75. The average Bonchev–Trinajstić information content (AvgIpc) is 3.77. The molecule has 2 aliphatic rings. The van der Waals surface area contributed by atoms with Crippen molar-refractivity contribution in [1.29, 1.82) is 52.6 Å².